The van der Waals surface area contributed by atoms with Crippen LogP contribution in [0.1, 0.15) is 45.3 Å². The Hall–Kier alpha value is -1.36. The van der Waals surface area contributed by atoms with E-state index in [1.165, 1.54) is 0 Å². The summed E-state index contributed by atoms with van der Waals surface area (Å²) in [5.74, 6) is 0.764. The Morgan fingerprint density at radius 3 is 2.60 bits per heavy atom. The van der Waals surface area contributed by atoms with E-state index in [1.807, 2.05) is 17.5 Å². The van der Waals surface area contributed by atoms with Crippen molar-refractivity contribution in [3.05, 3.63) is 17.6 Å². The average Bonchev–Trinajstić information content (AvgIpc) is 2.56. The molecule has 2 rings (SSSR count). The van der Waals surface area contributed by atoms with Crippen molar-refractivity contribution in [3.63, 3.8) is 0 Å². The molecule has 0 fully saturated rings. The van der Waals surface area contributed by atoms with Crippen molar-refractivity contribution in [1.82, 2.24) is 19.8 Å². The highest BCUT2D eigenvalue weighted by atomic mass is 15.4. The van der Waals surface area contributed by atoms with Gasteiger partial charge in [-0.1, -0.05) is 20.8 Å². The van der Waals surface area contributed by atoms with Gasteiger partial charge in [-0.05, 0) is 6.92 Å². The third kappa shape index (κ3) is 1.63. The molecule has 0 aromatic carbocycles. The Morgan fingerprint density at radius 1 is 1.40 bits per heavy atom. The summed E-state index contributed by atoms with van der Waals surface area (Å²) in [6.45, 7) is 8.35. The monoisotopic (exact) mass is 207 g/mol. The Bertz CT molecular complexity index is 471. The topological polar surface area (TPSA) is 72.0 Å². The number of rotatable bonds is 1. The summed E-state index contributed by atoms with van der Waals surface area (Å²) in [4.78, 5) is 0. The van der Waals surface area contributed by atoms with Gasteiger partial charge >= 0.3 is 0 Å². The van der Waals surface area contributed by atoms with Gasteiger partial charge < -0.3 is 5.73 Å². The number of nitrogens with zero attached hydrogens (tertiary/aromatic N) is 3. The van der Waals surface area contributed by atoms with Crippen molar-refractivity contribution in [2.75, 3.05) is 0 Å². The lowest BCUT2D eigenvalue weighted by atomic mass is 9.93. The van der Waals surface area contributed by atoms with Crippen LogP contribution in [0.4, 0.5) is 0 Å². The van der Waals surface area contributed by atoms with E-state index in [-0.39, 0.29) is 11.5 Å². The second-order valence-electron chi connectivity index (χ2n) is 4.96. The number of hydrogen-bond acceptors (Lipinski definition) is 3. The minimum absolute atomic E-state index is 0.0792. The number of nitrogens with one attached hydrogen (secondary N) is 1. The van der Waals surface area contributed by atoms with Crippen molar-refractivity contribution < 1.29 is 0 Å². The fourth-order valence-electron chi connectivity index (χ4n) is 1.48. The minimum atomic E-state index is -0.119. The first-order valence-electron chi connectivity index (χ1n) is 5.09. The summed E-state index contributed by atoms with van der Waals surface area (Å²) >= 11 is 0. The molecule has 0 bridgehead atoms. The van der Waals surface area contributed by atoms with Crippen molar-refractivity contribution >= 4 is 5.65 Å². The molecular weight excluding hydrogens is 190 g/mol. The van der Waals surface area contributed by atoms with E-state index in [1.54, 1.807) is 0 Å². The molecule has 0 aliphatic carbocycles. The van der Waals surface area contributed by atoms with E-state index in [0.29, 0.717) is 0 Å². The van der Waals surface area contributed by atoms with Crippen LogP contribution >= 0.6 is 0 Å². The van der Waals surface area contributed by atoms with E-state index in [0.717, 1.165) is 17.2 Å². The number of H-pyrrole nitrogens is 1. The molecule has 2 aromatic rings. The molecule has 2 heterocycles. The lowest BCUT2D eigenvalue weighted by Gasteiger charge is -2.15. The molecule has 0 spiro atoms. The van der Waals surface area contributed by atoms with Gasteiger partial charge in [0.15, 0.2) is 11.5 Å². The number of aromatic nitrogens is 4. The molecule has 0 saturated heterocycles. The largest absolute Gasteiger partial charge is 0.321 e. The summed E-state index contributed by atoms with van der Waals surface area (Å²) in [6, 6.07) is 1.89. The van der Waals surface area contributed by atoms with Gasteiger partial charge in [0, 0.05) is 17.2 Å². The first-order chi connectivity index (χ1) is 6.89. The van der Waals surface area contributed by atoms with Crippen molar-refractivity contribution in [2.45, 2.75) is 39.2 Å². The second kappa shape index (κ2) is 3.06. The lowest BCUT2D eigenvalue weighted by Crippen LogP contribution is -2.14. The molecule has 0 aliphatic rings. The van der Waals surface area contributed by atoms with Crippen molar-refractivity contribution in [3.8, 4) is 0 Å². The summed E-state index contributed by atoms with van der Waals surface area (Å²) in [7, 11) is 0. The van der Waals surface area contributed by atoms with Crippen LogP contribution in [0.2, 0.25) is 0 Å². The van der Waals surface area contributed by atoms with Crippen LogP contribution < -0.4 is 5.73 Å². The van der Waals surface area contributed by atoms with Gasteiger partial charge in [0.25, 0.3) is 0 Å². The van der Waals surface area contributed by atoms with Crippen LogP contribution in [0.25, 0.3) is 5.65 Å². The van der Waals surface area contributed by atoms with Gasteiger partial charge in [0.05, 0.1) is 6.04 Å². The third-order valence-corrected chi connectivity index (χ3v) is 2.43. The van der Waals surface area contributed by atoms with E-state index in [9.17, 15) is 0 Å². The zero-order chi connectivity index (χ0) is 11.2. The molecule has 1 unspecified atom stereocenters. The molecular formula is C10H17N5. The van der Waals surface area contributed by atoms with E-state index in [2.05, 4.69) is 36.1 Å². The first-order valence-corrected chi connectivity index (χ1v) is 5.09. The van der Waals surface area contributed by atoms with Crippen LogP contribution in [-0.2, 0) is 5.41 Å². The molecule has 15 heavy (non-hydrogen) atoms. The van der Waals surface area contributed by atoms with E-state index >= 15 is 0 Å². The van der Waals surface area contributed by atoms with E-state index in [4.69, 9.17) is 5.73 Å². The van der Waals surface area contributed by atoms with Gasteiger partial charge in [0.2, 0.25) is 0 Å². The molecule has 5 heteroatoms. The normalized spacial score (nSPS) is 14.7. The van der Waals surface area contributed by atoms with Gasteiger partial charge in [-0.2, -0.15) is 0 Å². The number of fused-ring (bicyclic) bond motifs is 1. The predicted molar refractivity (Wildman–Crippen MR) is 58.6 cm³/mol. The fraction of sp³-hybridized carbons (Fsp3) is 0.600. The average molecular weight is 207 g/mol. The van der Waals surface area contributed by atoms with Gasteiger partial charge in [0.1, 0.15) is 0 Å². The van der Waals surface area contributed by atoms with Crippen molar-refractivity contribution in [1.29, 1.82) is 0 Å². The summed E-state index contributed by atoms with van der Waals surface area (Å²) in [5, 5.41) is 11.4. The Kier molecular flexibility index (Phi) is 2.08. The van der Waals surface area contributed by atoms with Crippen LogP contribution in [0.3, 0.4) is 0 Å². The van der Waals surface area contributed by atoms with Gasteiger partial charge in [-0.25, -0.2) is 4.52 Å². The minimum Gasteiger partial charge on any atom is -0.321 e. The third-order valence-electron chi connectivity index (χ3n) is 2.43. The quantitative estimate of drug-likeness (QED) is 0.742. The lowest BCUT2D eigenvalue weighted by molar-refractivity contribution is 0.557. The molecule has 0 amide bonds. The highest BCUT2D eigenvalue weighted by molar-refractivity contribution is 5.41. The Morgan fingerprint density at radius 2 is 2.07 bits per heavy atom. The zero-order valence-corrected chi connectivity index (χ0v) is 9.57. The molecule has 1 atom stereocenters. The Labute approximate surface area is 88.7 Å². The maximum absolute atomic E-state index is 5.80. The maximum Gasteiger partial charge on any atom is 0.177 e. The summed E-state index contributed by atoms with van der Waals surface area (Å²) in [6.07, 6.45) is 0. The highest BCUT2D eigenvalue weighted by Gasteiger charge is 2.19. The van der Waals surface area contributed by atoms with Crippen LogP contribution in [-0.4, -0.2) is 19.8 Å². The zero-order valence-electron chi connectivity index (χ0n) is 9.57. The molecule has 2 aromatic heterocycles. The van der Waals surface area contributed by atoms with Crippen LogP contribution in [0, 0.1) is 0 Å². The summed E-state index contributed by atoms with van der Waals surface area (Å²) < 4.78 is 1.85. The van der Waals surface area contributed by atoms with E-state index < -0.39 is 0 Å². The predicted octanol–water partition coefficient (Wildman–Crippen LogP) is 1.37. The van der Waals surface area contributed by atoms with Gasteiger partial charge in [-0.3, -0.25) is 5.10 Å². The molecule has 5 nitrogen and oxygen atoms in total. The second-order valence-corrected chi connectivity index (χ2v) is 4.96. The highest BCUT2D eigenvalue weighted by Crippen LogP contribution is 2.22. The maximum atomic E-state index is 5.80. The van der Waals surface area contributed by atoms with Gasteiger partial charge in [-0.15, -0.1) is 10.2 Å². The first kappa shape index (κ1) is 10.2. The molecule has 3 N–H and O–H groups in total. The standard InChI is InChI=1S/C10H17N5/c1-6(11)9-13-12-8-5-7(10(2,3)4)14-15(8)9/h5-6,14H,11H2,1-4H3. The van der Waals surface area contributed by atoms with Crippen LogP contribution in [0.15, 0.2) is 6.07 Å². The Balaban J connectivity index is 2.57. The fourth-order valence-corrected chi connectivity index (χ4v) is 1.48. The molecule has 0 aliphatic heterocycles. The molecule has 0 saturated carbocycles. The molecule has 0 radical (unpaired) electrons. The number of nitrogens with two attached hydrogens (primary N) is 1. The molecule has 82 valence electrons. The summed E-state index contributed by atoms with van der Waals surface area (Å²) in [5.41, 5.74) is 7.84. The smallest absolute Gasteiger partial charge is 0.177 e. The van der Waals surface area contributed by atoms with Crippen molar-refractivity contribution in [2.24, 2.45) is 5.73 Å². The SMILES string of the molecule is CC(N)c1nnc2cc(C(C)(C)C)[nH]n12. The number of aromatic amines is 1. The van der Waals surface area contributed by atoms with Crippen LogP contribution in [0.5, 0.6) is 0 Å². The number of hydrogen-bond donors (Lipinski definition) is 2.